The minimum Gasteiger partial charge on any atom is -0.448 e. The third-order valence-corrected chi connectivity index (χ3v) is 8.57. The predicted octanol–water partition coefficient (Wildman–Crippen LogP) is 12.2. The van der Waals surface area contributed by atoms with Crippen molar-refractivity contribution in [2.24, 2.45) is 0 Å². The highest BCUT2D eigenvalue weighted by Crippen LogP contribution is 2.29. The van der Waals surface area contributed by atoms with Crippen LogP contribution in [-0.4, -0.2) is 10.4 Å². The summed E-state index contributed by atoms with van der Waals surface area (Å²) in [5, 5.41) is 0. The zero-order chi connectivity index (χ0) is 29.1. The van der Waals surface area contributed by atoms with Gasteiger partial charge < -0.3 is 5.84 Å². The highest BCUT2D eigenvalue weighted by atomic mass is 15.3. The summed E-state index contributed by atoms with van der Waals surface area (Å²) in [7, 11) is 0. The first-order valence-corrected chi connectivity index (χ1v) is 17.2. The van der Waals surface area contributed by atoms with Crippen LogP contribution in [0.5, 0.6) is 0 Å². The zero-order valence-corrected chi connectivity index (χ0v) is 26.7. The fraction of sp³-hybridized carbons (Fsp3) is 0.564. The van der Waals surface area contributed by atoms with Gasteiger partial charge in [0.05, 0.1) is 0 Å². The van der Waals surface area contributed by atoms with E-state index in [4.69, 9.17) is 5.84 Å². The Kier molecular flexibility index (Phi) is 15.6. The molecule has 0 radical (unpaired) electrons. The van der Waals surface area contributed by atoms with Gasteiger partial charge in [0.1, 0.15) is 0 Å². The summed E-state index contributed by atoms with van der Waals surface area (Å²) >= 11 is 0. The molecule has 0 saturated heterocycles. The molecule has 0 aromatic heterocycles. The first-order chi connectivity index (χ1) is 20.2. The number of nitrogens with zero attached hydrogens (tertiary/aromatic N) is 1. The van der Waals surface area contributed by atoms with Gasteiger partial charge in [-0.15, -0.1) is 0 Å². The van der Waals surface area contributed by atoms with E-state index in [-0.39, 0.29) is 0 Å². The van der Waals surface area contributed by atoms with E-state index >= 15 is 0 Å². The Balaban J connectivity index is 1.60. The van der Waals surface area contributed by atoms with Crippen LogP contribution in [0.3, 0.4) is 0 Å². The summed E-state index contributed by atoms with van der Waals surface area (Å²) in [6, 6.07) is 17.9. The van der Waals surface area contributed by atoms with Gasteiger partial charge in [-0.05, 0) is 73.9 Å². The van der Waals surface area contributed by atoms with Crippen LogP contribution in [0.15, 0.2) is 66.3 Å². The molecule has 1 aliphatic heterocycles. The average molecular weight is 555 g/mol. The van der Waals surface area contributed by atoms with Gasteiger partial charge in [-0.1, -0.05) is 135 Å². The van der Waals surface area contributed by atoms with Crippen LogP contribution in [0, 0.1) is 0 Å². The summed E-state index contributed by atoms with van der Waals surface area (Å²) in [4.78, 5) is 0. The van der Waals surface area contributed by atoms with E-state index in [1.54, 1.807) is 4.68 Å². The second-order valence-electron chi connectivity index (χ2n) is 12.2. The summed E-state index contributed by atoms with van der Waals surface area (Å²) in [5.74, 6) is 9.14. The maximum atomic E-state index is 9.14. The second kappa shape index (κ2) is 19.5. The van der Waals surface area contributed by atoms with Gasteiger partial charge in [0, 0.05) is 22.8 Å². The summed E-state index contributed by atoms with van der Waals surface area (Å²) < 4.78 is 1.68. The van der Waals surface area contributed by atoms with E-state index in [1.165, 1.54) is 119 Å². The number of benzene rings is 2. The first kappa shape index (κ1) is 32.9. The molecule has 2 aromatic rings. The molecule has 0 amide bonds. The monoisotopic (exact) mass is 554 g/mol. The fourth-order valence-electron chi connectivity index (χ4n) is 5.87. The predicted molar refractivity (Wildman–Crippen MR) is 181 cm³/mol. The van der Waals surface area contributed by atoms with Crippen LogP contribution in [-0.2, 0) is 12.8 Å². The molecule has 0 atom stereocenters. The van der Waals surface area contributed by atoms with Gasteiger partial charge >= 0.3 is 0 Å². The molecule has 1 aliphatic rings. The average Bonchev–Trinajstić information content (AvgIpc) is 3.33. The number of hydrogen-bond acceptors (Lipinski definition) is 0. The SMILES string of the molecule is CCCCCCCCCCCCCCC=C1C=C(c2ccc(CCCC)cc2)[N+]([NH-])=C1c1ccc(CCCC)cc1. The van der Waals surface area contributed by atoms with Crippen molar-refractivity contribution < 1.29 is 4.68 Å². The van der Waals surface area contributed by atoms with Crippen LogP contribution in [0.2, 0.25) is 0 Å². The quantitative estimate of drug-likeness (QED) is 0.108. The lowest BCUT2D eigenvalue weighted by Crippen LogP contribution is -2.11. The molecule has 0 spiro atoms. The minimum atomic E-state index is 0.984. The molecule has 2 nitrogen and oxygen atoms in total. The Morgan fingerprint density at radius 1 is 0.537 bits per heavy atom. The lowest BCUT2D eigenvalue weighted by atomic mass is 9.98. The van der Waals surface area contributed by atoms with Crippen molar-refractivity contribution in [2.45, 2.75) is 143 Å². The maximum absolute atomic E-state index is 9.14. The largest absolute Gasteiger partial charge is 0.448 e. The second-order valence-corrected chi connectivity index (χ2v) is 12.2. The molecule has 2 heteroatoms. The standard InChI is InChI=1S/C39H58N2/c1-4-7-10-11-12-13-14-15-16-17-18-19-20-23-37-32-38(35-28-24-33(25-29-35)21-8-5-2)41(40)39(37)36-30-26-34(27-31-36)22-9-6-3/h23-32,40H,4-22H2,1-3H3. The number of nitrogens with one attached hydrogen (secondary N) is 1. The number of unbranched alkanes of at least 4 members (excludes halogenated alkanes) is 14. The number of aryl methyl sites for hydroxylation is 2. The van der Waals surface area contributed by atoms with Crippen LogP contribution in [0.25, 0.3) is 11.5 Å². The maximum Gasteiger partial charge on any atom is 0.215 e. The van der Waals surface area contributed by atoms with Crippen molar-refractivity contribution in [1.29, 1.82) is 0 Å². The van der Waals surface area contributed by atoms with Crippen molar-refractivity contribution in [3.8, 4) is 0 Å². The third kappa shape index (κ3) is 11.3. The Morgan fingerprint density at radius 2 is 0.976 bits per heavy atom. The molecule has 41 heavy (non-hydrogen) atoms. The van der Waals surface area contributed by atoms with Gasteiger partial charge in [-0.3, -0.25) is 0 Å². The van der Waals surface area contributed by atoms with Crippen molar-refractivity contribution in [2.75, 3.05) is 0 Å². The summed E-state index contributed by atoms with van der Waals surface area (Å²) in [5.41, 5.74) is 8.27. The molecule has 1 N–H and O–H groups in total. The molecule has 0 aliphatic carbocycles. The van der Waals surface area contributed by atoms with Gasteiger partial charge in [0.25, 0.3) is 0 Å². The Labute approximate surface area is 252 Å². The first-order valence-electron chi connectivity index (χ1n) is 17.2. The van der Waals surface area contributed by atoms with E-state index in [9.17, 15) is 0 Å². The summed E-state index contributed by atoms with van der Waals surface area (Å²) in [6.07, 6.45) is 29.4. The van der Waals surface area contributed by atoms with E-state index in [1.807, 2.05) is 0 Å². The molecule has 3 rings (SSSR count). The molecule has 224 valence electrons. The van der Waals surface area contributed by atoms with E-state index in [0.29, 0.717) is 0 Å². The number of allylic oxidation sites excluding steroid dienone is 3. The highest BCUT2D eigenvalue weighted by Gasteiger charge is 2.27. The van der Waals surface area contributed by atoms with E-state index in [2.05, 4.69) is 81.5 Å². The Bertz CT molecular complexity index is 1090. The van der Waals surface area contributed by atoms with E-state index < -0.39 is 0 Å². The minimum absolute atomic E-state index is 0.984. The number of rotatable bonds is 21. The van der Waals surface area contributed by atoms with Crippen molar-refractivity contribution >= 4 is 11.4 Å². The van der Waals surface area contributed by atoms with Crippen LogP contribution in [0.4, 0.5) is 0 Å². The molecule has 0 bridgehead atoms. The Hall–Kier alpha value is -2.61. The molecular weight excluding hydrogens is 496 g/mol. The lowest BCUT2D eigenvalue weighted by molar-refractivity contribution is -0.347. The Morgan fingerprint density at radius 3 is 1.46 bits per heavy atom. The summed E-state index contributed by atoms with van der Waals surface area (Å²) in [6.45, 7) is 6.78. The fourth-order valence-corrected chi connectivity index (χ4v) is 5.87. The molecule has 0 unspecified atom stereocenters. The smallest absolute Gasteiger partial charge is 0.215 e. The molecule has 0 fully saturated rings. The van der Waals surface area contributed by atoms with Crippen molar-refractivity contribution in [3.63, 3.8) is 0 Å². The van der Waals surface area contributed by atoms with Gasteiger partial charge in [-0.2, -0.15) is 0 Å². The third-order valence-electron chi connectivity index (χ3n) is 8.57. The highest BCUT2D eigenvalue weighted by molar-refractivity contribution is 6.14. The van der Waals surface area contributed by atoms with Gasteiger partial charge in [0.2, 0.25) is 11.4 Å². The molecule has 1 heterocycles. The molecule has 0 saturated carbocycles. The zero-order valence-electron chi connectivity index (χ0n) is 26.7. The molecular formula is C39H58N2. The van der Waals surface area contributed by atoms with Gasteiger partial charge in [0.15, 0.2) is 0 Å². The molecule has 2 aromatic carbocycles. The van der Waals surface area contributed by atoms with Crippen molar-refractivity contribution in [1.82, 2.24) is 0 Å². The van der Waals surface area contributed by atoms with Crippen LogP contribution in [0.1, 0.15) is 152 Å². The topological polar surface area (TPSA) is 26.8 Å². The lowest BCUT2D eigenvalue weighted by Gasteiger charge is -2.09. The normalized spacial score (nSPS) is 14.3. The van der Waals surface area contributed by atoms with Crippen LogP contribution >= 0.6 is 0 Å². The van der Waals surface area contributed by atoms with Crippen molar-refractivity contribution in [3.05, 3.63) is 94.4 Å². The van der Waals surface area contributed by atoms with Gasteiger partial charge in [-0.25, -0.2) is 4.68 Å². The van der Waals surface area contributed by atoms with E-state index in [0.717, 1.165) is 41.8 Å². The number of hydrogen-bond donors (Lipinski definition) is 0. The van der Waals surface area contributed by atoms with Crippen LogP contribution < -0.4 is 0 Å².